The summed E-state index contributed by atoms with van der Waals surface area (Å²) < 4.78 is 60.3. The number of fused-ring (bicyclic) bond motifs is 1. The van der Waals surface area contributed by atoms with Crippen LogP contribution in [0.25, 0.3) is 16.8 Å². The Morgan fingerprint density at radius 1 is 0.977 bits per heavy atom. The fraction of sp³-hybridized carbons (Fsp3) is 0.438. The highest BCUT2D eigenvalue weighted by Crippen LogP contribution is 2.38. The third-order valence-corrected chi connectivity index (χ3v) is 7.95. The molecule has 2 aliphatic rings. The lowest BCUT2D eigenvalue weighted by molar-refractivity contribution is -0.164. The van der Waals surface area contributed by atoms with E-state index in [9.17, 15) is 13.2 Å². The SMILES string of the molecule is FC(F)(F)c1ccc(-c2nnc(N[C@@H]3CCCN(CCOC4CCCCO4)C3)n3cccc23)c(OCc2ccccc2)c1. The van der Waals surface area contributed by atoms with E-state index in [2.05, 4.69) is 20.4 Å². The molecule has 0 spiro atoms. The van der Waals surface area contributed by atoms with Crippen LogP contribution in [0.15, 0.2) is 66.9 Å². The van der Waals surface area contributed by atoms with E-state index < -0.39 is 11.7 Å². The number of piperidine rings is 1. The molecule has 0 aliphatic carbocycles. The molecule has 2 atom stereocenters. The summed E-state index contributed by atoms with van der Waals surface area (Å²) in [6.07, 6.45) is 2.54. The van der Waals surface area contributed by atoms with Crippen LogP contribution >= 0.6 is 0 Å². The minimum atomic E-state index is -4.50. The van der Waals surface area contributed by atoms with Gasteiger partial charge < -0.3 is 19.5 Å². The first kappa shape index (κ1) is 29.4. The van der Waals surface area contributed by atoms with E-state index in [0.29, 0.717) is 23.8 Å². The number of ether oxygens (including phenoxy) is 3. The molecule has 4 heterocycles. The number of alkyl halides is 3. The summed E-state index contributed by atoms with van der Waals surface area (Å²) in [7, 11) is 0. The average molecular weight is 596 g/mol. The number of aromatic nitrogens is 3. The number of rotatable bonds is 10. The zero-order valence-electron chi connectivity index (χ0n) is 23.9. The minimum Gasteiger partial charge on any atom is -0.488 e. The number of likely N-dealkylation sites (tertiary alicyclic amines) is 1. The lowest BCUT2D eigenvalue weighted by Crippen LogP contribution is -2.44. The summed E-state index contributed by atoms with van der Waals surface area (Å²) in [5.74, 6) is 0.682. The van der Waals surface area contributed by atoms with Crippen LogP contribution in [0.5, 0.6) is 5.75 Å². The van der Waals surface area contributed by atoms with E-state index in [0.717, 1.165) is 81.6 Å². The van der Waals surface area contributed by atoms with E-state index >= 15 is 0 Å². The lowest BCUT2D eigenvalue weighted by Gasteiger charge is -2.33. The predicted octanol–water partition coefficient (Wildman–Crippen LogP) is 6.41. The zero-order valence-corrected chi connectivity index (χ0v) is 23.9. The molecule has 1 N–H and O–H groups in total. The third kappa shape index (κ3) is 7.29. The molecule has 0 bridgehead atoms. The molecule has 2 aromatic carbocycles. The van der Waals surface area contributed by atoms with Crippen molar-refractivity contribution in [1.29, 1.82) is 0 Å². The Hall–Kier alpha value is -3.67. The molecule has 8 nitrogen and oxygen atoms in total. The van der Waals surface area contributed by atoms with Gasteiger partial charge in [-0.3, -0.25) is 9.30 Å². The lowest BCUT2D eigenvalue weighted by atomic mass is 10.1. The molecule has 2 saturated heterocycles. The average Bonchev–Trinajstić information content (AvgIpc) is 3.52. The van der Waals surface area contributed by atoms with Crippen LogP contribution in [0.4, 0.5) is 19.1 Å². The molecule has 6 rings (SSSR count). The van der Waals surface area contributed by atoms with Crippen molar-refractivity contribution in [2.24, 2.45) is 0 Å². The number of benzene rings is 2. The third-order valence-electron chi connectivity index (χ3n) is 7.95. The van der Waals surface area contributed by atoms with Gasteiger partial charge in [0.1, 0.15) is 18.1 Å². The van der Waals surface area contributed by atoms with Crippen LogP contribution in [-0.4, -0.2) is 64.7 Å². The van der Waals surface area contributed by atoms with Gasteiger partial charge in [0, 0.05) is 37.5 Å². The van der Waals surface area contributed by atoms with Gasteiger partial charge in [-0.1, -0.05) is 30.3 Å². The molecule has 228 valence electrons. The highest BCUT2D eigenvalue weighted by Gasteiger charge is 2.32. The molecule has 11 heteroatoms. The van der Waals surface area contributed by atoms with E-state index in [-0.39, 0.29) is 24.7 Å². The van der Waals surface area contributed by atoms with Gasteiger partial charge >= 0.3 is 6.18 Å². The number of hydrogen-bond acceptors (Lipinski definition) is 7. The fourth-order valence-electron chi connectivity index (χ4n) is 5.71. The molecule has 2 fully saturated rings. The second-order valence-electron chi connectivity index (χ2n) is 11.1. The molecule has 43 heavy (non-hydrogen) atoms. The maximum Gasteiger partial charge on any atom is 0.416 e. The Bertz CT molecular complexity index is 1490. The van der Waals surface area contributed by atoms with Crippen LogP contribution in [0.1, 0.15) is 43.2 Å². The molecule has 0 radical (unpaired) electrons. The van der Waals surface area contributed by atoms with Gasteiger partial charge in [0.15, 0.2) is 6.29 Å². The maximum atomic E-state index is 13.6. The first-order chi connectivity index (χ1) is 20.9. The number of hydrogen-bond donors (Lipinski definition) is 1. The second kappa shape index (κ2) is 13.3. The van der Waals surface area contributed by atoms with Crippen molar-refractivity contribution in [1.82, 2.24) is 19.5 Å². The van der Waals surface area contributed by atoms with Crippen molar-refractivity contribution < 1.29 is 27.4 Å². The van der Waals surface area contributed by atoms with Crippen molar-refractivity contribution in [3.05, 3.63) is 78.0 Å². The Balaban J connectivity index is 1.18. The van der Waals surface area contributed by atoms with Gasteiger partial charge in [0.2, 0.25) is 5.95 Å². The first-order valence-electron chi connectivity index (χ1n) is 14.9. The fourth-order valence-corrected chi connectivity index (χ4v) is 5.71. The molecule has 2 aliphatic heterocycles. The van der Waals surface area contributed by atoms with Crippen LogP contribution in [-0.2, 0) is 22.3 Å². The van der Waals surface area contributed by atoms with Crippen molar-refractivity contribution in [2.75, 3.05) is 38.2 Å². The number of nitrogens with one attached hydrogen (secondary N) is 1. The van der Waals surface area contributed by atoms with E-state index in [1.54, 1.807) is 0 Å². The quantitative estimate of drug-likeness (QED) is 0.227. The Morgan fingerprint density at radius 3 is 2.67 bits per heavy atom. The summed E-state index contributed by atoms with van der Waals surface area (Å²) >= 11 is 0. The molecule has 0 amide bonds. The van der Waals surface area contributed by atoms with Crippen LogP contribution in [0.3, 0.4) is 0 Å². The van der Waals surface area contributed by atoms with Crippen molar-refractivity contribution in [3.63, 3.8) is 0 Å². The molecule has 1 unspecified atom stereocenters. The van der Waals surface area contributed by atoms with Crippen molar-refractivity contribution >= 4 is 11.5 Å². The van der Waals surface area contributed by atoms with Crippen molar-refractivity contribution in [3.8, 4) is 17.0 Å². The zero-order chi connectivity index (χ0) is 29.6. The summed E-state index contributed by atoms with van der Waals surface area (Å²) in [5.41, 5.74) is 1.67. The number of anilines is 1. The van der Waals surface area contributed by atoms with Gasteiger partial charge in [-0.2, -0.15) is 13.2 Å². The monoisotopic (exact) mass is 595 g/mol. The first-order valence-corrected chi connectivity index (χ1v) is 14.9. The molecule has 0 saturated carbocycles. The standard InChI is InChI=1S/C32H36F3N5O3/c33-32(34,35)24-13-14-26(28(20-24)43-22-23-8-2-1-3-9-23)30-27-11-7-16-40(27)31(38-37-30)36-25-10-6-15-39(21-25)17-19-42-29-12-4-5-18-41-29/h1-3,7-9,11,13-14,16,20,25,29H,4-6,10,12,15,17-19,21-22H2,(H,36,38)/t25-,29?/m1/s1. The van der Waals surface area contributed by atoms with Crippen LogP contribution in [0, 0.1) is 0 Å². The summed E-state index contributed by atoms with van der Waals surface area (Å²) in [6, 6.07) is 16.7. The van der Waals surface area contributed by atoms with Crippen LogP contribution in [0.2, 0.25) is 0 Å². The van der Waals surface area contributed by atoms with Gasteiger partial charge in [-0.05, 0) is 74.5 Å². The van der Waals surface area contributed by atoms with Gasteiger partial charge in [0.25, 0.3) is 0 Å². The largest absolute Gasteiger partial charge is 0.488 e. The molecular weight excluding hydrogens is 559 g/mol. The molecule has 4 aromatic rings. The highest BCUT2D eigenvalue weighted by molar-refractivity contribution is 5.81. The molecular formula is C32H36F3N5O3. The Kier molecular flexibility index (Phi) is 9.11. The topological polar surface area (TPSA) is 73.2 Å². The maximum absolute atomic E-state index is 13.6. The van der Waals surface area contributed by atoms with E-state index in [1.165, 1.54) is 6.07 Å². The van der Waals surface area contributed by atoms with Crippen LogP contribution < -0.4 is 10.1 Å². The minimum absolute atomic E-state index is 0.0859. The Labute approximate surface area is 248 Å². The summed E-state index contributed by atoms with van der Waals surface area (Å²) in [6.45, 7) is 4.22. The van der Waals surface area contributed by atoms with E-state index in [4.69, 9.17) is 14.2 Å². The predicted molar refractivity (Wildman–Crippen MR) is 157 cm³/mol. The number of nitrogens with zero attached hydrogens (tertiary/aromatic N) is 4. The Morgan fingerprint density at radius 2 is 1.86 bits per heavy atom. The highest BCUT2D eigenvalue weighted by atomic mass is 19.4. The summed E-state index contributed by atoms with van der Waals surface area (Å²) in [4.78, 5) is 2.39. The van der Waals surface area contributed by atoms with Crippen molar-refractivity contribution in [2.45, 2.75) is 57.2 Å². The second-order valence-corrected chi connectivity index (χ2v) is 11.1. The normalized spacial score (nSPS) is 19.9. The van der Waals surface area contributed by atoms with Gasteiger partial charge in [0.05, 0.1) is 17.7 Å². The van der Waals surface area contributed by atoms with E-state index in [1.807, 2.05) is 53.1 Å². The van der Waals surface area contributed by atoms with Gasteiger partial charge in [-0.15, -0.1) is 10.2 Å². The van der Waals surface area contributed by atoms with Gasteiger partial charge in [-0.25, -0.2) is 0 Å². The summed E-state index contributed by atoms with van der Waals surface area (Å²) in [5, 5.41) is 12.5. The molecule has 2 aromatic heterocycles. The smallest absolute Gasteiger partial charge is 0.416 e. The number of halogens is 3.